The average Bonchev–Trinajstić information content (AvgIpc) is 2.29. The minimum absolute atomic E-state index is 0.0511. The summed E-state index contributed by atoms with van der Waals surface area (Å²) in [5, 5.41) is 0. The fraction of sp³-hybridized carbons (Fsp3) is 0.846. The SMILES string of the molecule is CCCC(=O)OC(C)OC(=O)OC1CCCCC1. The summed E-state index contributed by atoms with van der Waals surface area (Å²) in [5.74, 6) is -0.365. The molecule has 5 heteroatoms. The van der Waals surface area contributed by atoms with Crippen LogP contribution in [-0.2, 0) is 19.0 Å². The quantitative estimate of drug-likeness (QED) is 0.560. The Hall–Kier alpha value is -1.26. The highest BCUT2D eigenvalue weighted by Gasteiger charge is 2.21. The van der Waals surface area contributed by atoms with E-state index in [0.29, 0.717) is 12.8 Å². The Labute approximate surface area is 108 Å². The highest BCUT2D eigenvalue weighted by atomic mass is 16.8. The van der Waals surface area contributed by atoms with Crippen molar-refractivity contribution in [2.24, 2.45) is 0 Å². The minimum atomic E-state index is -0.889. The van der Waals surface area contributed by atoms with Crippen LogP contribution < -0.4 is 0 Å². The van der Waals surface area contributed by atoms with Gasteiger partial charge >= 0.3 is 12.1 Å². The van der Waals surface area contributed by atoms with Crippen molar-refractivity contribution in [2.45, 2.75) is 71.2 Å². The summed E-state index contributed by atoms with van der Waals surface area (Å²) in [5.41, 5.74) is 0. The first-order valence-electron chi connectivity index (χ1n) is 6.68. The van der Waals surface area contributed by atoms with Crippen LogP contribution in [0.5, 0.6) is 0 Å². The molecule has 0 heterocycles. The molecule has 0 amide bonds. The summed E-state index contributed by atoms with van der Waals surface area (Å²) < 4.78 is 14.9. The maximum Gasteiger partial charge on any atom is 0.511 e. The van der Waals surface area contributed by atoms with Crippen molar-refractivity contribution in [2.75, 3.05) is 0 Å². The number of carbonyl (C=O) groups is 2. The maximum atomic E-state index is 11.4. The van der Waals surface area contributed by atoms with E-state index in [1.54, 1.807) is 0 Å². The van der Waals surface area contributed by atoms with Crippen LogP contribution in [0.25, 0.3) is 0 Å². The Morgan fingerprint density at radius 2 is 1.83 bits per heavy atom. The van der Waals surface area contributed by atoms with Gasteiger partial charge in [0.2, 0.25) is 6.29 Å². The summed E-state index contributed by atoms with van der Waals surface area (Å²) in [7, 11) is 0. The molecule has 18 heavy (non-hydrogen) atoms. The van der Waals surface area contributed by atoms with E-state index in [-0.39, 0.29) is 12.1 Å². The lowest BCUT2D eigenvalue weighted by atomic mass is 9.98. The van der Waals surface area contributed by atoms with Crippen molar-refractivity contribution in [1.29, 1.82) is 0 Å². The van der Waals surface area contributed by atoms with Crippen molar-refractivity contribution < 1.29 is 23.8 Å². The zero-order chi connectivity index (χ0) is 13.4. The van der Waals surface area contributed by atoms with Gasteiger partial charge in [-0.3, -0.25) is 4.79 Å². The molecule has 0 radical (unpaired) electrons. The number of ether oxygens (including phenoxy) is 3. The van der Waals surface area contributed by atoms with Crippen LogP contribution in [0.2, 0.25) is 0 Å². The van der Waals surface area contributed by atoms with Crippen molar-refractivity contribution in [1.82, 2.24) is 0 Å². The lowest BCUT2D eigenvalue weighted by molar-refractivity contribution is -0.169. The van der Waals surface area contributed by atoms with Gasteiger partial charge in [-0.25, -0.2) is 4.79 Å². The molecular formula is C13H22O5. The van der Waals surface area contributed by atoms with E-state index in [2.05, 4.69) is 0 Å². The molecule has 1 rings (SSSR count). The van der Waals surface area contributed by atoms with Gasteiger partial charge in [0.25, 0.3) is 0 Å². The number of hydrogen-bond acceptors (Lipinski definition) is 5. The van der Waals surface area contributed by atoms with Crippen LogP contribution in [0.1, 0.15) is 58.8 Å². The van der Waals surface area contributed by atoms with E-state index >= 15 is 0 Å². The van der Waals surface area contributed by atoms with Crippen molar-refractivity contribution in [3.63, 3.8) is 0 Å². The molecule has 0 saturated heterocycles. The van der Waals surface area contributed by atoms with Crippen LogP contribution >= 0.6 is 0 Å². The highest BCUT2D eigenvalue weighted by molar-refractivity contribution is 5.69. The molecule has 0 bridgehead atoms. The summed E-state index contributed by atoms with van der Waals surface area (Å²) in [6.45, 7) is 3.39. The third-order valence-corrected chi connectivity index (χ3v) is 2.83. The van der Waals surface area contributed by atoms with E-state index in [1.807, 2.05) is 6.92 Å². The van der Waals surface area contributed by atoms with Crippen molar-refractivity contribution in [3.8, 4) is 0 Å². The molecule has 104 valence electrons. The van der Waals surface area contributed by atoms with Crippen LogP contribution in [-0.4, -0.2) is 24.5 Å². The highest BCUT2D eigenvalue weighted by Crippen LogP contribution is 2.20. The Kier molecular flexibility index (Phi) is 6.54. The van der Waals surface area contributed by atoms with Crippen LogP contribution in [0.4, 0.5) is 4.79 Å². The molecule has 0 N–H and O–H groups in total. The molecule has 0 aromatic rings. The van der Waals surface area contributed by atoms with Crippen LogP contribution in [0.3, 0.4) is 0 Å². The smallest absolute Gasteiger partial charge is 0.431 e. The van der Waals surface area contributed by atoms with Gasteiger partial charge in [-0.15, -0.1) is 0 Å². The first-order chi connectivity index (χ1) is 8.61. The van der Waals surface area contributed by atoms with Crippen LogP contribution in [0.15, 0.2) is 0 Å². The second-order valence-electron chi connectivity index (χ2n) is 4.55. The van der Waals surface area contributed by atoms with Gasteiger partial charge in [-0.05, 0) is 32.1 Å². The Morgan fingerprint density at radius 1 is 1.17 bits per heavy atom. The van der Waals surface area contributed by atoms with Crippen molar-refractivity contribution in [3.05, 3.63) is 0 Å². The third kappa shape index (κ3) is 5.89. The molecule has 0 aromatic heterocycles. The summed E-state index contributed by atoms with van der Waals surface area (Å²) in [6.07, 6.45) is 4.48. The Balaban J connectivity index is 2.19. The zero-order valence-corrected chi connectivity index (χ0v) is 11.1. The Morgan fingerprint density at radius 3 is 2.44 bits per heavy atom. The predicted molar refractivity (Wildman–Crippen MR) is 64.9 cm³/mol. The molecule has 0 aliphatic heterocycles. The monoisotopic (exact) mass is 258 g/mol. The van der Waals surface area contributed by atoms with E-state index < -0.39 is 12.4 Å². The number of esters is 1. The topological polar surface area (TPSA) is 61.8 Å². The minimum Gasteiger partial charge on any atom is -0.431 e. The molecule has 5 nitrogen and oxygen atoms in total. The van der Waals surface area contributed by atoms with Gasteiger partial charge in [0, 0.05) is 13.3 Å². The summed E-state index contributed by atoms with van der Waals surface area (Å²) in [4.78, 5) is 22.6. The number of hydrogen-bond donors (Lipinski definition) is 0. The maximum absolute atomic E-state index is 11.4. The Bertz CT molecular complexity index is 271. The molecule has 1 fully saturated rings. The standard InChI is InChI=1S/C13H22O5/c1-3-7-12(14)16-10(2)17-13(15)18-11-8-5-4-6-9-11/h10-11H,3-9H2,1-2H3. The second kappa shape index (κ2) is 7.95. The van der Waals surface area contributed by atoms with E-state index in [1.165, 1.54) is 13.3 Å². The molecular weight excluding hydrogens is 236 g/mol. The van der Waals surface area contributed by atoms with Gasteiger partial charge in [-0.2, -0.15) is 0 Å². The van der Waals surface area contributed by atoms with Gasteiger partial charge < -0.3 is 14.2 Å². The number of carbonyl (C=O) groups excluding carboxylic acids is 2. The second-order valence-corrected chi connectivity index (χ2v) is 4.55. The third-order valence-electron chi connectivity index (χ3n) is 2.83. The average molecular weight is 258 g/mol. The fourth-order valence-electron chi connectivity index (χ4n) is 1.95. The van der Waals surface area contributed by atoms with Gasteiger partial charge in [0.05, 0.1) is 0 Å². The predicted octanol–water partition coefficient (Wildman–Crippen LogP) is 3.16. The lowest BCUT2D eigenvalue weighted by Gasteiger charge is -2.22. The molecule has 0 aromatic carbocycles. The first-order valence-corrected chi connectivity index (χ1v) is 6.68. The lowest BCUT2D eigenvalue weighted by Crippen LogP contribution is -2.26. The molecule has 1 atom stereocenters. The van der Waals surface area contributed by atoms with Gasteiger partial charge in [0.1, 0.15) is 6.10 Å². The van der Waals surface area contributed by atoms with E-state index in [4.69, 9.17) is 14.2 Å². The van der Waals surface area contributed by atoms with Crippen LogP contribution in [0, 0.1) is 0 Å². The summed E-state index contributed by atoms with van der Waals surface area (Å²) >= 11 is 0. The zero-order valence-electron chi connectivity index (χ0n) is 11.1. The molecule has 1 unspecified atom stereocenters. The largest absolute Gasteiger partial charge is 0.511 e. The molecule has 1 aliphatic carbocycles. The molecule has 1 aliphatic rings. The first kappa shape index (κ1) is 14.8. The van der Waals surface area contributed by atoms with Gasteiger partial charge in [0.15, 0.2) is 0 Å². The fourth-order valence-corrected chi connectivity index (χ4v) is 1.95. The number of rotatable bonds is 5. The molecule has 0 spiro atoms. The molecule has 1 saturated carbocycles. The van der Waals surface area contributed by atoms with Crippen molar-refractivity contribution >= 4 is 12.1 Å². The summed E-state index contributed by atoms with van der Waals surface area (Å²) in [6, 6.07) is 0. The van der Waals surface area contributed by atoms with E-state index in [0.717, 1.165) is 25.7 Å². The van der Waals surface area contributed by atoms with Gasteiger partial charge in [-0.1, -0.05) is 13.3 Å². The normalized spacial score (nSPS) is 17.9. The van der Waals surface area contributed by atoms with E-state index in [9.17, 15) is 9.59 Å².